The highest BCUT2D eigenvalue weighted by molar-refractivity contribution is 5.22. The van der Waals surface area contributed by atoms with E-state index in [2.05, 4.69) is 4.74 Å². The second kappa shape index (κ2) is 3.92. The van der Waals surface area contributed by atoms with Crippen molar-refractivity contribution >= 4 is 0 Å². The Morgan fingerprint density at radius 1 is 1.58 bits per heavy atom. The minimum Gasteiger partial charge on any atom is -0.465 e. The van der Waals surface area contributed by atoms with Crippen LogP contribution in [-0.2, 0) is 4.74 Å². The van der Waals surface area contributed by atoms with Crippen molar-refractivity contribution in [1.82, 2.24) is 0 Å². The zero-order chi connectivity index (χ0) is 8.97. The maximum absolute atomic E-state index is 11.1. The van der Waals surface area contributed by atoms with Gasteiger partial charge in [-0.05, 0) is 6.92 Å². The zero-order valence-electron chi connectivity index (χ0n) is 6.99. The van der Waals surface area contributed by atoms with Crippen LogP contribution in [0.2, 0.25) is 0 Å². The topological polar surface area (TPSA) is 48.7 Å². The first-order valence-corrected chi connectivity index (χ1v) is 3.46. The third kappa shape index (κ3) is 1.85. The first-order chi connectivity index (χ1) is 5.75. The fourth-order valence-corrected chi connectivity index (χ4v) is 0.791. The Labute approximate surface area is 69.7 Å². The van der Waals surface area contributed by atoms with Crippen molar-refractivity contribution in [2.45, 2.75) is 6.92 Å². The Bertz CT molecular complexity index is 302. The van der Waals surface area contributed by atoms with Gasteiger partial charge in [-0.1, -0.05) is 0 Å². The number of methoxy groups -OCH3 is 1. The van der Waals surface area contributed by atoms with E-state index in [0.29, 0.717) is 5.76 Å². The summed E-state index contributed by atoms with van der Waals surface area (Å²) in [5, 5.41) is 0. The number of rotatable bonds is 3. The maximum Gasteiger partial charge on any atom is 0.227 e. The van der Waals surface area contributed by atoms with Crippen molar-refractivity contribution in [2.75, 3.05) is 13.9 Å². The Balaban J connectivity index is 2.89. The van der Waals surface area contributed by atoms with Crippen LogP contribution in [0.1, 0.15) is 5.76 Å². The van der Waals surface area contributed by atoms with E-state index < -0.39 is 0 Å². The van der Waals surface area contributed by atoms with Crippen LogP contribution >= 0.6 is 0 Å². The van der Waals surface area contributed by atoms with Gasteiger partial charge >= 0.3 is 0 Å². The monoisotopic (exact) mass is 170 g/mol. The van der Waals surface area contributed by atoms with Gasteiger partial charge in [-0.15, -0.1) is 0 Å². The summed E-state index contributed by atoms with van der Waals surface area (Å²) in [5.41, 5.74) is -0.198. The Morgan fingerprint density at radius 2 is 2.33 bits per heavy atom. The van der Waals surface area contributed by atoms with Crippen molar-refractivity contribution in [2.24, 2.45) is 0 Å². The Kier molecular flexibility index (Phi) is 2.88. The molecule has 12 heavy (non-hydrogen) atoms. The van der Waals surface area contributed by atoms with Gasteiger partial charge in [0.15, 0.2) is 6.79 Å². The summed E-state index contributed by atoms with van der Waals surface area (Å²) in [7, 11) is 1.49. The predicted octanol–water partition coefficient (Wildman–Crippen LogP) is 0.931. The summed E-state index contributed by atoms with van der Waals surface area (Å²) in [6.07, 6.45) is 1.33. The van der Waals surface area contributed by atoms with Crippen LogP contribution in [0.5, 0.6) is 5.75 Å². The molecule has 0 saturated heterocycles. The van der Waals surface area contributed by atoms with Crippen LogP contribution in [-0.4, -0.2) is 13.9 Å². The Hall–Kier alpha value is -1.29. The van der Waals surface area contributed by atoms with Gasteiger partial charge in [0.25, 0.3) is 0 Å². The highest BCUT2D eigenvalue weighted by atomic mass is 16.7. The molecular formula is C8H10O4. The van der Waals surface area contributed by atoms with E-state index in [1.54, 1.807) is 6.92 Å². The van der Waals surface area contributed by atoms with Gasteiger partial charge in [0.1, 0.15) is 5.76 Å². The zero-order valence-corrected chi connectivity index (χ0v) is 6.99. The molecular weight excluding hydrogens is 160 g/mol. The lowest BCUT2D eigenvalue weighted by molar-refractivity contribution is 0.0479. The molecule has 0 aliphatic rings. The molecule has 1 aromatic heterocycles. The fourth-order valence-electron chi connectivity index (χ4n) is 0.791. The van der Waals surface area contributed by atoms with Crippen molar-refractivity contribution in [3.05, 3.63) is 28.3 Å². The summed E-state index contributed by atoms with van der Waals surface area (Å²) < 4.78 is 14.6. The molecule has 1 heterocycles. The molecule has 4 heteroatoms. The molecule has 0 aliphatic carbocycles. The summed E-state index contributed by atoms with van der Waals surface area (Å²) in [5.74, 6) is 0.666. The van der Waals surface area contributed by atoms with Crippen molar-refractivity contribution in [3.8, 4) is 5.75 Å². The molecule has 0 radical (unpaired) electrons. The molecule has 0 unspecified atom stereocenters. The molecule has 66 valence electrons. The number of hydrogen-bond donors (Lipinski definition) is 0. The third-order valence-electron chi connectivity index (χ3n) is 1.33. The van der Waals surface area contributed by atoms with E-state index in [9.17, 15) is 4.79 Å². The van der Waals surface area contributed by atoms with Gasteiger partial charge in [-0.3, -0.25) is 4.79 Å². The molecule has 0 aliphatic heterocycles. The summed E-state index contributed by atoms with van der Waals surface area (Å²) in [6.45, 7) is 1.71. The van der Waals surface area contributed by atoms with Crippen LogP contribution in [0.4, 0.5) is 0 Å². The third-order valence-corrected chi connectivity index (χ3v) is 1.33. The van der Waals surface area contributed by atoms with E-state index in [1.807, 2.05) is 0 Å². The smallest absolute Gasteiger partial charge is 0.227 e. The highest BCUT2D eigenvalue weighted by Crippen LogP contribution is 2.09. The molecule has 1 rings (SSSR count). The summed E-state index contributed by atoms with van der Waals surface area (Å²) >= 11 is 0. The van der Waals surface area contributed by atoms with Gasteiger partial charge < -0.3 is 13.9 Å². The molecule has 0 amide bonds. The molecule has 0 N–H and O–H groups in total. The largest absolute Gasteiger partial charge is 0.465 e. The first-order valence-electron chi connectivity index (χ1n) is 3.46. The molecule has 0 fully saturated rings. The van der Waals surface area contributed by atoms with E-state index in [1.165, 1.54) is 19.4 Å². The average Bonchev–Trinajstić information content (AvgIpc) is 2.04. The summed E-state index contributed by atoms with van der Waals surface area (Å²) in [6, 6.07) is 1.30. The SMILES string of the molecule is COCOc1c(C)occc1=O. The van der Waals surface area contributed by atoms with Crippen LogP contribution in [0.15, 0.2) is 21.5 Å². The summed E-state index contributed by atoms with van der Waals surface area (Å²) in [4.78, 5) is 11.1. The molecule has 0 aromatic carbocycles. The normalized spacial score (nSPS) is 9.83. The predicted molar refractivity (Wildman–Crippen MR) is 42.2 cm³/mol. The van der Waals surface area contributed by atoms with Crippen LogP contribution in [0.25, 0.3) is 0 Å². The molecule has 0 spiro atoms. The second-order valence-corrected chi connectivity index (χ2v) is 2.22. The van der Waals surface area contributed by atoms with Crippen LogP contribution < -0.4 is 10.2 Å². The number of ether oxygens (including phenoxy) is 2. The van der Waals surface area contributed by atoms with E-state index in [0.717, 1.165) is 0 Å². The van der Waals surface area contributed by atoms with Gasteiger partial charge in [-0.2, -0.15) is 0 Å². The molecule has 0 saturated carbocycles. The highest BCUT2D eigenvalue weighted by Gasteiger charge is 2.04. The minimum atomic E-state index is -0.198. The van der Waals surface area contributed by atoms with Gasteiger partial charge in [0.05, 0.1) is 6.26 Å². The fraction of sp³-hybridized carbons (Fsp3) is 0.375. The van der Waals surface area contributed by atoms with E-state index in [4.69, 9.17) is 9.15 Å². The van der Waals surface area contributed by atoms with Gasteiger partial charge in [0.2, 0.25) is 11.2 Å². The quantitative estimate of drug-likeness (QED) is 0.633. The van der Waals surface area contributed by atoms with Crippen LogP contribution in [0, 0.1) is 6.92 Å². The second-order valence-electron chi connectivity index (χ2n) is 2.22. The standard InChI is InChI=1S/C8H10O4/c1-6-8(12-5-10-2)7(9)3-4-11-6/h3-4H,5H2,1-2H3. The average molecular weight is 170 g/mol. The van der Waals surface area contributed by atoms with Crippen molar-refractivity contribution in [3.63, 3.8) is 0 Å². The Morgan fingerprint density at radius 3 is 2.92 bits per heavy atom. The van der Waals surface area contributed by atoms with Gasteiger partial charge in [-0.25, -0.2) is 0 Å². The first kappa shape index (κ1) is 8.80. The maximum atomic E-state index is 11.1. The van der Waals surface area contributed by atoms with Crippen molar-refractivity contribution in [1.29, 1.82) is 0 Å². The van der Waals surface area contributed by atoms with Gasteiger partial charge in [0, 0.05) is 13.2 Å². The number of aryl methyl sites for hydroxylation is 1. The number of hydrogen-bond acceptors (Lipinski definition) is 4. The molecule has 4 nitrogen and oxygen atoms in total. The van der Waals surface area contributed by atoms with E-state index in [-0.39, 0.29) is 18.0 Å². The molecule has 0 bridgehead atoms. The lowest BCUT2D eigenvalue weighted by Crippen LogP contribution is -2.10. The van der Waals surface area contributed by atoms with Crippen LogP contribution in [0.3, 0.4) is 0 Å². The lowest BCUT2D eigenvalue weighted by Gasteiger charge is -2.04. The molecule has 1 aromatic rings. The lowest BCUT2D eigenvalue weighted by atomic mass is 10.4. The van der Waals surface area contributed by atoms with E-state index >= 15 is 0 Å². The van der Waals surface area contributed by atoms with Crippen molar-refractivity contribution < 1.29 is 13.9 Å². The molecule has 0 atom stereocenters. The minimum absolute atomic E-state index is 0.0512.